The summed E-state index contributed by atoms with van der Waals surface area (Å²) in [5.74, 6) is 6.03. The fourth-order valence-electron chi connectivity index (χ4n) is 11.5. The number of fused-ring (bicyclic) bond motifs is 5. The van der Waals surface area contributed by atoms with Gasteiger partial charge in [0.05, 0.1) is 0 Å². The molecule has 0 aromatic carbocycles. The van der Waals surface area contributed by atoms with Crippen LogP contribution in [0.3, 0.4) is 0 Å². The lowest BCUT2D eigenvalue weighted by Gasteiger charge is -2.64. The lowest BCUT2D eigenvalue weighted by atomic mass is 9.41. The van der Waals surface area contributed by atoms with Gasteiger partial charge in [0.15, 0.2) is 0 Å². The Balaban J connectivity index is 1.27. The number of hydrogen-bond donors (Lipinski definition) is 0. The zero-order valence-electron chi connectivity index (χ0n) is 25.3. The lowest BCUT2D eigenvalue weighted by molar-refractivity contribution is -0.145. The molecule has 5 aliphatic carbocycles. The molecule has 5 saturated carbocycles. The van der Waals surface area contributed by atoms with Crippen molar-refractivity contribution in [2.75, 3.05) is 0 Å². The van der Waals surface area contributed by atoms with E-state index in [1.165, 1.54) is 70.6 Å². The van der Waals surface area contributed by atoms with Gasteiger partial charge in [-0.2, -0.15) is 0 Å². The van der Waals surface area contributed by atoms with E-state index in [1.807, 2.05) is 0 Å². The van der Waals surface area contributed by atoms with E-state index in [1.54, 1.807) is 32.1 Å². The zero-order chi connectivity index (χ0) is 25.3. The van der Waals surface area contributed by atoms with Crippen molar-refractivity contribution < 1.29 is 0 Å². The van der Waals surface area contributed by atoms with Crippen LogP contribution in [-0.4, -0.2) is 0 Å². The van der Waals surface area contributed by atoms with Gasteiger partial charge in [0.1, 0.15) is 0 Å². The summed E-state index contributed by atoms with van der Waals surface area (Å²) in [6.45, 7) is 21.0. The fraction of sp³-hybridized carbons (Fsp3) is 1.00. The maximum Gasteiger partial charge on any atom is -0.0264 e. The summed E-state index contributed by atoms with van der Waals surface area (Å²) >= 11 is 0. The van der Waals surface area contributed by atoms with Gasteiger partial charge in [-0.25, -0.2) is 0 Å². The average molecular weight is 483 g/mol. The predicted molar refractivity (Wildman–Crippen MR) is 152 cm³/mol. The molecule has 35 heavy (non-hydrogen) atoms. The molecule has 0 spiro atoms. The summed E-state index contributed by atoms with van der Waals surface area (Å²) in [5.41, 5.74) is 2.93. The van der Waals surface area contributed by atoms with Gasteiger partial charge in [-0.05, 0) is 146 Å². The molecule has 0 nitrogen and oxygen atoms in total. The Kier molecular flexibility index (Phi) is 6.87. The molecule has 0 heterocycles. The van der Waals surface area contributed by atoms with Gasteiger partial charge in [0, 0.05) is 0 Å². The third-order valence-corrected chi connectivity index (χ3v) is 14.8. The van der Waals surface area contributed by atoms with Crippen LogP contribution in [0.4, 0.5) is 0 Å². The molecule has 202 valence electrons. The quantitative estimate of drug-likeness (QED) is 0.373. The molecular formula is C35H62. The van der Waals surface area contributed by atoms with E-state index >= 15 is 0 Å². The van der Waals surface area contributed by atoms with Crippen molar-refractivity contribution in [2.24, 2.45) is 62.6 Å². The first-order valence-corrected chi connectivity index (χ1v) is 16.3. The molecule has 0 amide bonds. The summed E-state index contributed by atoms with van der Waals surface area (Å²) in [5, 5.41) is 0. The van der Waals surface area contributed by atoms with E-state index in [-0.39, 0.29) is 0 Å². The summed E-state index contributed by atoms with van der Waals surface area (Å²) in [7, 11) is 0. The third kappa shape index (κ3) is 4.40. The summed E-state index contributed by atoms with van der Waals surface area (Å²) in [6.07, 6.45) is 24.3. The van der Waals surface area contributed by atoms with Gasteiger partial charge < -0.3 is 0 Å². The molecular weight excluding hydrogens is 420 g/mol. The Morgan fingerprint density at radius 2 is 1.40 bits per heavy atom. The molecule has 0 unspecified atom stereocenters. The Morgan fingerprint density at radius 1 is 0.714 bits per heavy atom. The first-order valence-electron chi connectivity index (χ1n) is 16.3. The van der Waals surface area contributed by atoms with Gasteiger partial charge in [-0.15, -0.1) is 0 Å². The van der Waals surface area contributed by atoms with Crippen LogP contribution in [0.25, 0.3) is 0 Å². The Bertz CT molecular complexity index is 750. The molecule has 0 saturated heterocycles. The summed E-state index contributed by atoms with van der Waals surface area (Å²) < 4.78 is 0. The first kappa shape index (κ1) is 26.6. The van der Waals surface area contributed by atoms with Crippen molar-refractivity contribution in [3.8, 4) is 0 Å². The van der Waals surface area contributed by atoms with E-state index in [4.69, 9.17) is 0 Å². The fourth-order valence-corrected chi connectivity index (χ4v) is 11.5. The molecule has 0 heteroatoms. The Hall–Kier alpha value is 0. The molecule has 5 rings (SSSR count). The van der Waals surface area contributed by atoms with Gasteiger partial charge in [0.25, 0.3) is 0 Å². The van der Waals surface area contributed by atoms with E-state index in [9.17, 15) is 0 Å². The van der Waals surface area contributed by atoms with Gasteiger partial charge in [-0.1, -0.05) is 74.7 Å². The zero-order valence-corrected chi connectivity index (χ0v) is 25.3. The van der Waals surface area contributed by atoms with Crippen LogP contribution < -0.4 is 0 Å². The van der Waals surface area contributed by atoms with Crippen molar-refractivity contribution >= 4 is 0 Å². The topological polar surface area (TPSA) is 0 Å². The minimum atomic E-state index is 0.444. The number of rotatable bonds is 4. The molecule has 0 N–H and O–H groups in total. The highest BCUT2D eigenvalue weighted by atomic mass is 14.7. The number of hydrogen-bond acceptors (Lipinski definition) is 0. The normalized spacial score (nSPS) is 48.5. The molecule has 0 aromatic heterocycles. The van der Waals surface area contributed by atoms with Crippen LogP contribution in [0.1, 0.15) is 158 Å². The molecule has 0 aliphatic heterocycles. The van der Waals surface area contributed by atoms with E-state index < -0.39 is 0 Å². The summed E-state index contributed by atoms with van der Waals surface area (Å²) in [4.78, 5) is 0. The third-order valence-electron chi connectivity index (χ3n) is 14.8. The molecule has 0 radical (unpaired) electrons. The highest BCUT2D eigenvalue weighted by Gasteiger charge is 2.62. The minimum Gasteiger partial charge on any atom is -0.0622 e. The molecule has 0 bridgehead atoms. The highest BCUT2D eigenvalue weighted by molar-refractivity contribution is 5.11. The second kappa shape index (κ2) is 9.04. The standard InChI is InChI=1S/C35H62/c1-25(16-20-32(5)18-10-9-11-19-32)28-14-15-29-27-13-12-26-24-33(6,31(2,3)4)22-23-34(26,7)30(27)17-21-35(28,29)8/h25-30H,9-24H2,1-8H3/t25-,26+,27+,28-,29+,30+,33-,34+,35-/m1/s1. The van der Waals surface area contributed by atoms with Crippen molar-refractivity contribution in [1.29, 1.82) is 0 Å². The van der Waals surface area contributed by atoms with Crippen LogP contribution in [0.2, 0.25) is 0 Å². The Labute approximate surface area is 220 Å². The van der Waals surface area contributed by atoms with Crippen molar-refractivity contribution in [3.05, 3.63) is 0 Å². The molecule has 9 atom stereocenters. The van der Waals surface area contributed by atoms with Gasteiger partial charge in [-0.3, -0.25) is 0 Å². The van der Waals surface area contributed by atoms with Crippen LogP contribution >= 0.6 is 0 Å². The SMILES string of the molecule is C[C@H](CCC1(C)CCCCC1)[C@H]1CC[C@H]2[C@@H]3CC[C@H]4C[C@](C)(C(C)(C)C)CC[C@]4(C)[C@H]3CC[C@]12C. The van der Waals surface area contributed by atoms with E-state index in [0.717, 1.165) is 35.5 Å². The maximum atomic E-state index is 2.79. The van der Waals surface area contributed by atoms with Gasteiger partial charge >= 0.3 is 0 Å². The largest absolute Gasteiger partial charge is 0.0622 e. The maximum absolute atomic E-state index is 2.79. The molecule has 5 aliphatic rings. The first-order chi connectivity index (χ1) is 16.3. The lowest BCUT2D eigenvalue weighted by Crippen LogP contribution is -2.55. The smallest absolute Gasteiger partial charge is 0.0264 e. The van der Waals surface area contributed by atoms with E-state index in [2.05, 4.69) is 55.4 Å². The van der Waals surface area contributed by atoms with Crippen molar-refractivity contribution in [1.82, 2.24) is 0 Å². The summed E-state index contributed by atoms with van der Waals surface area (Å²) in [6, 6.07) is 0. The van der Waals surface area contributed by atoms with Crippen molar-refractivity contribution in [2.45, 2.75) is 158 Å². The second-order valence-electron chi connectivity index (χ2n) is 17.3. The van der Waals surface area contributed by atoms with Crippen LogP contribution in [0.5, 0.6) is 0 Å². The van der Waals surface area contributed by atoms with Gasteiger partial charge in [0.2, 0.25) is 0 Å². The van der Waals surface area contributed by atoms with E-state index in [0.29, 0.717) is 27.1 Å². The molecule has 0 aromatic rings. The monoisotopic (exact) mass is 482 g/mol. The van der Waals surface area contributed by atoms with Crippen molar-refractivity contribution in [3.63, 3.8) is 0 Å². The average Bonchev–Trinajstić information content (AvgIpc) is 3.15. The second-order valence-corrected chi connectivity index (χ2v) is 17.3. The Morgan fingerprint density at radius 3 is 2.09 bits per heavy atom. The highest BCUT2D eigenvalue weighted by Crippen LogP contribution is 2.70. The van der Waals surface area contributed by atoms with Crippen LogP contribution in [0, 0.1) is 62.6 Å². The van der Waals surface area contributed by atoms with Crippen LogP contribution in [0.15, 0.2) is 0 Å². The molecule has 5 fully saturated rings. The van der Waals surface area contributed by atoms with Crippen LogP contribution in [-0.2, 0) is 0 Å². The minimum absolute atomic E-state index is 0.444. The predicted octanol–water partition coefficient (Wildman–Crippen LogP) is 11.1.